The van der Waals surface area contributed by atoms with Crippen molar-refractivity contribution >= 4 is 48.8 Å². The minimum absolute atomic E-state index is 0.173. The molecule has 130 valence electrons. The summed E-state index contributed by atoms with van der Waals surface area (Å²) < 4.78 is 41.7. The van der Waals surface area contributed by atoms with Crippen LogP contribution in [0.5, 0.6) is 0 Å². The van der Waals surface area contributed by atoms with E-state index in [0.717, 1.165) is 19.5 Å². The minimum Gasteiger partial charge on any atom is -0.384 e. The number of nitrogens with one attached hydrogen (secondary N) is 3. The Labute approximate surface area is 152 Å². The maximum absolute atomic E-state index is 14.3. The zero-order valence-electron chi connectivity index (χ0n) is 12.6. The molecule has 3 N–H and O–H groups in total. The molecule has 1 aliphatic heterocycles. The number of nitrogens with zero attached hydrogens (tertiary/aromatic N) is 1. The second-order valence-electron chi connectivity index (χ2n) is 5.48. The highest BCUT2D eigenvalue weighted by atomic mass is 79.9. The smallest absolute Gasteiger partial charge is 0.266 e. The van der Waals surface area contributed by atoms with Crippen molar-refractivity contribution in [2.45, 2.75) is 11.3 Å². The Bertz CT molecular complexity index is 808. The number of sulfonamides is 1. The standard InChI is InChI=1S/C14H16BrFN4O2S2/c15-10-3-13(24(21,22)20-14-7-23-8-19-14)11(16)4-12(10)18-6-9-1-2-17-5-9/h3-4,7-9,17-18,20H,1-2,5-6H2/t9-/m0/s1. The van der Waals surface area contributed by atoms with Crippen LogP contribution in [0.1, 0.15) is 6.42 Å². The van der Waals surface area contributed by atoms with Gasteiger partial charge in [-0.15, -0.1) is 11.3 Å². The molecule has 1 aromatic heterocycles. The lowest BCUT2D eigenvalue weighted by molar-refractivity contribution is 0.569. The maximum Gasteiger partial charge on any atom is 0.266 e. The summed E-state index contributed by atoms with van der Waals surface area (Å²) in [7, 11) is -4.03. The Morgan fingerprint density at radius 3 is 2.96 bits per heavy atom. The van der Waals surface area contributed by atoms with Crippen LogP contribution in [-0.4, -0.2) is 33.0 Å². The molecular weight excluding hydrogens is 419 g/mol. The summed E-state index contributed by atoms with van der Waals surface area (Å²) in [6.07, 6.45) is 1.07. The molecule has 1 fully saturated rings. The Hall–Kier alpha value is -1.23. The summed E-state index contributed by atoms with van der Waals surface area (Å²) in [6, 6.07) is 2.46. The van der Waals surface area contributed by atoms with Crippen LogP contribution >= 0.6 is 27.3 Å². The molecular formula is C14H16BrFN4O2S2. The van der Waals surface area contributed by atoms with E-state index < -0.39 is 20.7 Å². The Balaban J connectivity index is 1.78. The first-order valence-electron chi connectivity index (χ1n) is 7.30. The van der Waals surface area contributed by atoms with Crippen LogP contribution in [0.3, 0.4) is 0 Å². The van der Waals surface area contributed by atoms with E-state index in [0.29, 0.717) is 22.6 Å². The predicted octanol–water partition coefficient (Wildman–Crippen LogP) is 2.87. The number of aromatic nitrogens is 1. The van der Waals surface area contributed by atoms with Crippen molar-refractivity contribution in [3.63, 3.8) is 0 Å². The number of rotatable bonds is 6. The quantitative estimate of drug-likeness (QED) is 0.650. The van der Waals surface area contributed by atoms with Crippen LogP contribution < -0.4 is 15.4 Å². The third kappa shape index (κ3) is 4.05. The van der Waals surface area contributed by atoms with E-state index in [1.54, 1.807) is 0 Å². The van der Waals surface area contributed by atoms with Gasteiger partial charge in [0.15, 0.2) is 5.82 Å². The minimum atomic E-state index is -4.03. The van der Waals surface area contributed by atoms with Crippen LogP contribution in [0, 0.1) is 11.7 Å². The van der Waals surface area contributed by atoms with Crippen LogP contribution in [0.4, 0.5) is 15.9 Å². The average Bonchev–Trinajstić information content (AvgIpc) is 3.20. The zero-order chi connectivity index (χ0) is 17.2. The summed E-state index contributed by atoms with van der Waals surface area (Å²) >= 11 is 4.56. The second-order valence-corrected chi connectivity index (χ2v) is 8.71. The molecule has 24 heavy (non-hydrogen) atoms. The normalized spacial score (nSPS) is 17.8. The van der Waals surface area contributed by atoms with Crippen LogP contribution in [-0.2, 0) is 10.0 Å². The Kier molecular flexibility index (Phi) is 5.38. The van der Waals surface area contributed by atoms with Gasteiger partial charge in [0.1, 0.15) is 10.7 Å². The third-order valence-electron chi connectivity index (χ3n) is 3.73. The summed E-state index contributed by atoms with van der Waals surface area (Å²) in [6.45, 7) is 2.62. The van der Waals surface area contributed by atoms with E-state index in [-0.39, 0.29) is 5.82 Å². The molecule has 3 rings (SSSR count). The third-order valence-corrected chi connectivity index (χ3v) is 6.34. The van der Waals surface area contributed by atoms with Crippen molar-refractivity contribution in [1.82, 2.24) is 10.3 Å². The van der Waals surface area contributed by atoms with Crippen LogP contribution in [0.25, 0.3) is 0 Å². The van der Waals surface area contributed by atoms with Gasteiger partial charge < -0.3 is 10.6 Å². The van der Waals surface area contributed by atoms with Crippen molar-refractivity contribution < 1.29 is 12.8 Å². The topological polar surface area (TPSA) is 83.1 Å². The van der Waals surface area contributed by atoms with Gasteiger partial charge in [-0.1, -0.05) is 0 Å². The van der Waals surface area contributed by atoms with Gasteiger partial charge in [0.05, 0.1) is 11.2 Å². The average molecular weight is 435 g/mol. The first-order chi connectivity index (χ1) is 11.5. The summed E-state index contributed by atoms with van der Waals surface area (Å²) in [5.74, 6) is -0.158. The van der Waals surface area contributed by atoms with Crippen molar-refractivity contribution in [2.24, 2.45) is 5.92 Å². The van der Waals surface area contributed by atoms with Gasteiger partial charge in [0.2, 0.25) is 0 Å². The van der Waals surface area contributed by atoms with Crippen molar-refractivity contribution in [1.29, 1.82) is 0 Å². The molecule has 0 spiro atoms. The van der Waals surface area contributed by atoms with E-state index >= 15 is 0 Å². The molecule has 0 unspecified atom stereocenters. The number of thiazole rings is 1. The lowest BCUT2D eigenvalue weighted by atomic mass is 10.1. The van der Waals surface area contributed by atoms with Gasteiger partial charge in [-0.05, 0) is 53.5 Å². The molecule has 1 aliphatic rings. The van der Waals surface area contributed by atoms with Gasteiger partial charge >= 0.3 is 0 Å². The zero-order valence-corrected chi connectivity index (χ0v) is 15.8. The fraction of sp³-hybridized carbons (Fsp3) is 0.357. The van der Waals surface area contributed by atoms with Crippen molar-refractivity contribution in [2.75, 3.05) is 29.7 Å². The van der Waals surface area contributed by atoms with Gasteiger partial charge in [0.25, 0.3) is 10.0 Å². The Morgan fingerprint density at radius 1 is 1.46 bits per heavy atom. The molecule has 1 saturated heterocycles. The number of hydrogen-bond acceptors (Lipinski definition) is 6. The molecule has 0 aliphatic carbocycles. The fourth-order valence-electron chi connectivity index (χ4n) is 2.47. The highest BCUT2D eigenvalue weighted by Crippen LogP contribution is 2.30. The highest BCUT2D eigenvalue weighted by molar-refractivity contribution is 9.10. The molecule has 1 aromatic carbocycles. The van der Waals surface area contributed by atoms with Gasteiger partial charge in [-0.2, -0.15) is 0 Å². The molecule has 6 nitrogen and oxygen atoms in total. The van der Waals surface area contributed by atoms with Gasteiger partial charge in [-0.3, -0.25) is 4.72 Å². The van der Waals surface area contributed by atoms with Gasteiger partial charge in [0, 0.05) is 16.4 Å². The van der Waals surface area contributed by atoms with E-state index in [1.807, 2.05) is 0 Å². The number of benzene rings is 1. The number of hydrogen-bond donors (Lipinski definition) is 3. The lowest BCUT2D eigenvalue weighted by Crippen LogP contribution is -2.18. The van der Waals surface area contributed by atoms with Crippen molar-refractivity contribution in [3.8, 4) is 0 Å². The monoisotopic (exact) mass is 434 g/mol. The van der Waals surface area contributed by atoms with Crippen LogP contribution in [0.2, 0.25) is 0 Å². The van der Waals surface area contributed by atoms with E-state index in [4.69, 9.17) is 0 Å². The maximum atomic E-state index is 14.3. The highest BCUT2D eigenvalue weighted by Gasteiger charge is 2.22. The van der Waals surface area contributed by atoms with E-state index in [2.05, 4.69) is 36.3 Å². The van der Waals surface area contributed by atoms with Gasteiger partial charge in [-0.25, -0.2) is 17.8 Å². The summed E-state index contributed by atoms with van der Waals surface area (Å²) in [4.78, 5) is 3.43. The molecule has 0 radical (unpaired) electrons. The predicted molar refractivity (Wildman–Crippen MR) is 96.5 cm³/mol. The molecule has 2 aromatic rings. The number of halogens is 2. The summed E-state index contributed by atoms with van der Waals surface area (Å²) in [5.41, 5.74) is 2.03. The van der Waals surface area contributed by atoms with E-state index in [1.165, 1.54) is 34.4 Å². The molecule has 0 bridgehead atoms. The fourth-order valence-corrected chi connectivity index (χ4v) is 4.75. The Morgan fingerprint density at radius 2 is 2.29 bits per heavy atom. The molecule has 1 atom stereocenters. The molecule has 2 heterocycles. The van der Waals surface area contributed by atoms with Crippen molar-refractivity contribution in [3.05, 3.63) is 33.3 Å². The molecule has 10 heteroatoms. The first kappa shape index (κ1) is 17.6. The molecule has 0 saturated carbocycles. The first-order valence-corrected chi connectivity index (χ1v) is 10.5. The SMILES string of the molecule is O=S(=O)(Nc1cscn1)c1cc(Br)c(NC[C@H]2CCNC2)cc1F. The second kappa shape index (κ2) is 7.34. The lowest BCUT2D eigenvalue weighted by Gasteiger charge is -2.14. The van der Waals surface area contributed by atoms with Crippen LogP contribution in [0.15, 0.2) is 32.4 Å². The molecule has 0 amide bonds. The summed E-state index contributed by atoms with van der Waals surface area (Å²) in [5, 5.41) is 7.97. The number of anilines is 2. The largest absolute Gasteiger partial charge is 0.384 e. The van der Waals surface area contributed by atoms with E-state index in [9.17, 15) is 12.8 Å².